The molecule has 3 heterocycles. The second kappa shape index (κ2) is 8.46. The number of nitrogens with one attached hydrogen (secondary N) is 1. The number of alkyl halides is 7. The van der Waals surface area contributed by atoms with Gasteiger partial charge < -0.3 is 15.8 Å². The fourth-order valence-corrected chi connectivity index (χ4v) is 3.56. The summed E-state index contributed by atoms with van der Waals surface area (Å²) in [6.45, 7) is -1.53. The molecule has 0 radical (unpaired) electrons. The first-order chi connectivity index (χ1) is 16.3. The number of aliphatic imine (C=N–C) groups is 1. The Morgan fingerprint density at radius 1 is 1.11 bits per heavy atom. The highest BCUT2D eigenvalue weighted by Gasteiger charge is 2.52. The number of halogens is 8. The second-order valence-electron chi connectivity index (χ2n) is 7.57. The highest BCUT2D eigenvalue weighted by atomic mass is 19.4. The SMILES string of the molecule is NC1=NC(CF)(c2cc(Nc3nccc4nc(C(F)(F)F)cnc34)ccc2F)CC(C(F)(F)F)O1. The van der Waals surface area contributed by atoms with E-state index < -0.39 is 60.2 Å². The van der Waals surface area contributed by atoms with Crippen LogP contribution in [0.25, 0.3) is 11.0 Å². The number of hydrogen-bond donors (Lipinski definition) is 2. The van der Waals surface area contributed by atoms with Gasteiger partial charge >= 0.3 is 12.4 Å². The van der Waals surface area contributed by atoms with Gasteiger partial charge in [0.15, 0.2) is 17.6 Å². The Bertz CT molecular complexity index is 1290. The largest absolute Gasteiger partial charge is 0.452 e. The fourth-order valence-electron chi connectivity index (χ4n) is 3.56. The zero-order chi connectivity index (χ0) is 25.6. The number of pyridine rings is 1. The van der Waals surface area contributed by atoms with E-state index in [9.17, 15) is 35.1 Å². The normalized spacial score (nSPS) is 20.9. The summed E-state index contributed by atoms with van der Waals surface area (Å²) >= 11 is 0. The number of nitrogens with two attached hydrogens (primary N) is 1. The zero-order valence-corrected chi connectivity index (χ0v) is 17.3. The van der Waals surface area contributed by atoms with Crippen LogP contribution in [-0.2, 0) is 16.5 Å². The van der Waals surface area contributed by atoms with E-state index in [2.05, 4.69) is 30.0 Å². The monoisotopic (exact) mass is 506 g/mol. The van der Waals surface area contributed by atoms with Crippen molar-refractivity contribution in [3.8, 4) is 0 Å². The number of anilines is 2. The van der Waals surface area contributed by atoms with Crippen LogP contribution < -0.4 is 11.1 Å². The molecule has 0 bridgehead atoms. The van der Waals surface area contributed by atoms with E-state index in [1.54, 1.807) is 0 Å². The zero-order valence-electron chi connectivity index (χ0n) is 17.3. The van der Waals surface area contributed by atoms with E-state index in [0.717, 1.165) is 24.4 Å². The van der Waals surface area contributed by atoms with Crippen LogP contribution in [0, 0.1) is 5.82 Å². The van der Waals surface area contributed by atoms with E-state index in [1.807, 2.05) is 0 Å². The number of ether oxygens (including phenoxy) is 1. The average Bonchev–Trinajstić information content (AvgIpc) is 2.78. The molecule has 1 aromatic carbocycles. The maximum absolute atomic E-state index is 14.7. The third-order valence-electron chi connectivity index (χ3n) is 5.18. The van der Waals surface area contributed by atoms with E-state index in [0.29, 0.717) is 6.20 Å². The summed E-state index contributed by atoms with van der Waals surface area (Å²) in [4.78, 5) is 14.8. The lowest BCUT2D eigenvalue weighted by Gasteiger charge is -2.36. The van der Waals surface area contributed by atoms with E-state index in [1.165, 1.54) is 6.07 Å². The van der Waals surface area contributed by atoms with Gasteiger partial charge in [-0.3, -0.25) is 0 Å². The Morgan fingerprint density at radius 3 is 2.51 bits per heavy atom. The van der Waals surface area contributed by atoms with Crippen LogP contribution in [0.4, 0.5) is 46.6 Å². The van der Waals surface area contributed by atoms with E-state index in [-0.39, 0.29) is 22.5 Å². The van der Waals surface area contributed by atoms with Crippen LogP contribution in [0.1, 0.15) is 17.7 Å². The number of rotatable bonds is 4. The van der Waals surface area contributed by atoms with Crippen molar-refractivity contribution in [1.82, 2.24) is 15.0 Å². The van der Waals surface area contributed by atoms with Gasteiger partial charge in [-0.25, -0.2) is 28.7 Å². The Morgan fingerprint density at radius 2 is 1.86 bits per heavy atom. The van der Waals surface area contributed by atoms with Crippen molar-refractivity contribution < 1.29 is 39.9 Å². The molecule has 0 spiro atoms. The molecular formula is C20H14F8N6O. The summed E-state index contributed by atoms with van der Waals surface area (Å²) < 4.78 is 112. The molecule has 2 aromatic heterocycles. The molecule has 3 aromatic rings. The topological polar surface area (TPSA) is 98.3 Å². The lowest BCUT2D eigenvalue weighted by atomic mass is 9.84. The van der Waals surface area contributed by atoms with Crippen LogP contribution in [0.2, 0.25) is 0 Å². The van der Waals surface area contributed by atoms with Crippen LogP contribution in [0.15, 0.2) is 41.7 Å². The maximum Gasteiger partial charge on any atom is 0.434 e. The Balaban J connectivity index is 1.74. The predicted octanol–water partition coefficient (Wildman–Crippen LogP) is 4.76. The van der Waals surface area contributed by atoms with Crippen molar-refractivity contribution in [2.45, 2.75) is 30.4 Å². The summed E-state index contributed by atoms with van der Waals surface area (Å²) in [5, 5.41) is 2.69. The third kappa shape index (κ3) is 4.74. The number of hydrogen-bond acceptors (Lipinski definition) is 7. The molecule has 0 fully saturated rings. The number of aromatic nitrogens is 3. The summed E-state index contributed by atoms with van der Waals surface area (Å²) in [6, 6.07) is 3.25. The standard InChI is InChI=1S/C20H14F8N6O/c21-8-18(6-14(20(26,27)28)35-17(29)34-18)10-5-9(1-2-11(10)22)32-16-15-12(3-4-30-16)33-13(7-31-15)19(23,24)25/h1-5,7,14H,6,8H2,(H2,29,34)(H,30,32). The molecule has 186 valence electrons. The molecule has 3 N–H and O–H groups in total. The molecule has 0 saturated heterocycles. The summed E-state index contributed by atoms with van der Waals surface area (Å²) in [7, 11) is 0. The Kier molecular flexibility index (Phi) is 5.89. The number of amidine groups is 1. The highest BCUT2D eigenvalue weighted by Crippen LogP contribution is 2.42. The van der Waals surface area contributed by atoms with Gasteiger partial charge in [0.05, 0.1) is 11.7 Å². The molecule has 15 heteroatoms. The van der Waals surface area contributed by atoms with Crippen molar-refractivity contribution in [3.63, 3.8) is 0 Å². The molecule has 0 saturated carbocycles. The Labute approximate surface area is 191 Å². The molecule has 0 aliphatic carbocycles. The van der Waals surface area contributed by atoms with Gasteiger partial charge in [0.25, 0.3) is 6.02 Å². The number of nitrogens with zero attached hydrogens (tertiary/aromatic N) is 4. The minimum Gasteiger partial charge on any atom is -0.452 e. The third-order valence-corrected chi connectivity index (χ3v) is 5.18. The molecule has 0 amide bonds. The fraction of sp³-hybridized carbons (Fsp3) is 0.300. The van der Waals surface area contributed by atoms with Crippen molar-refractivity contribution in [2.75, 3.05) is 12.0 Å². The molecule has 2 unspecified atom stereocenters. The van der Waals surface area contributed by atoms with E-state index >= 15 is 0 Å². The van der Waals surface area contributed by atoms with Crippen LogP contribution in [-0.4, -0.2) is 39.9 Å². The van der Waals surface area contributed by atoms with Crippen LogP contribution >= 0.6 is 0 Å². The van der Waals surface area contributed by atoms with Gasteiger partial charge in [-0.15, -0.1) is 0 Å². The van der Waals surface area contributed by atoms with E-state index in [4.69, 9.17) is 5.73 Å². The number of benzene rings is 1. The Hall–Kier alpha value is -3.78. The lowest BCUT2D eigenvalue weighted by Crippen LogP contribution is -2.48. The summed E-state index contributed by atoms with van der Waals surface area (Å²) in [6.07, 6.45) is -11.6. The van der Waals surface area contributed by atoms with Gasteiger partial charge in [0.2, 0.25) is 0 Å². The molecular weight excluding hydrogens is 492 g/mol. The minimum absolute atomic E-state index is 0.0137. The highest BCUT2D eigenvalue weighted by molar-refractivity contribution is 5.87. The molecule has 1 aliphatic rings. The second-order valence-corrected chi connectivity index (χ2v) is 7.57. The quantitative estimate of drug-likeness (QED) is 0.496. The van der Waals surface area contributed by atoms with Crippen molar-refractivity contribution >= 4 is 28.6 Å². The first-order valence-corrected chi connectivity index (χ1v) is 9.73. The van der Waals surface area contributed by atoms with Gasteiger partial charge in [-0.1, -0.05) is 0 Å². The van der Waals surface area contributed by atoms with Crippen molar-refractivity contribution in [1.29, 1.82) is 0 Å². The lowest BCUT2D eigenvalue weighted by molar-refractivity contribution is -0.209. The maximum atomic E-state index is 14.7. The molecule has 1 aliphatic heterocycles. The summed E-state index contributed by atoms with van der Waals surface area (Å²) in [5.41, 5.74) is 1.02. The molecule has 4 rings (SSSR count). The summed E-state index contributed by atoms with van der Waals surface area (Å²) in [5.74, 6) is -1.15. The van der Waals surface area contributed by atoms with Gasteiger partial charge in [-0.2, -0.15) is 26.3 Å². The van der Waals surface area contributed by atoms with Crippen LogP contribution in [0.5, 0.6) is 0 Å². The molecule has 7 nitrogen and oxygen atoms in total. The minimum atomic E-state index is -4.92. The van der Waals surface area contributed by atoms with Gasteiger partial charge in [0.1, 0.15) is 23.5 Å². The first-order valence-electron chi connectivity index (χ1n) is 9.73. The number of fused-ring (bicyclic) bond motifs is 1. The first kappa shape index (κ1) is 24.3. The molecule has 35 heavy (non-hydrogen) atoms. The van der Waals surface area contributed by atoms with Crippen LogP contribution in [0.3, 0.4) is 0 Å². The van der Waals surface area contributed by atoms with Gasteiger partial charge in [-0.05, 0) is 24.3 Å². The molecule has 2 atom stereocenters. The smallest absolute Gasteiger partial charge is 0.434 e. The van der Waals surface area contributed by atoms with Gasteiger partial charge in [0, 0.05) is 23.9 Å². The van der Waals surface area contributed by atoms with Crippen molar-refractivity contribution in [3.05, 3.63) is 53.7 Å². The van der Waals surface area contributed by atoms with Crippen molar-refractivity contribution in [2.24, 2.45) is 10.7 Å². The predicted molar refractivity (Wildman–Crippen MR) is 107 cm³/mol. The average molecular weight is 506 g/mol.